The second-order valence-electron chi connectivity index (χ2n) is 5.73. The standard InChI is InChI=1S/C17H26N2O2/c1-14-4-5-16(15(2)12-14)17(20)13-18-6-3-7-19-8-10-21-11-9-19/h4-5,12,18H,3,6-11,13H2,1-2H3. The Hall–Kier alpha value is -1.23. The molecule has 1 aliphatic rings. The monoisotopic (exact) mass is 290 g/mol. The number of aryl methyl sites for hydroxylation is 2. The Morgan fingerprint density at radius 2 is 2.05 bits per heavy atom. The van der Waals surface area contributed by atoms with E-state index < -0.39 is 0 Å². The van der Waals surface area contributed by atoms with Crippen molar-refractivity contribution in [1.82, 2.24) is 10.2 Å². The van der Waals surface area contributed by atoms with Crippen LogP contribution in [-0.4, -0.2) is 56.6 Å². The highest BCUT2D eigenvalue weighted by Gasteiger charge is 2.10. The lowest BCUT2D eigenvalue weighted by atomic mass is 10.0. The van der Waals surface area contributed by atoms with Crippen LogP contribution in [0.4, 0.5) is 0 Å². The number of morpholine rings is 1. The molecule has 1 heterocycles. The van der Waals surface area contributed by atoms with E-state index in [9.17, 15) is 4.79 Å². The fourth-order valence-electron chi connectivity index (χ4n) is 2.68. The van der Waals surface area contributed by atoms with Gasteiger partial charge >= 0.3 is 0 Å². The van der Waals surface area contributed by atoms with Crippen molar-refractivity contribution in [1.29, 1.82) is 0 Å². The van der Waals surface area contributed by atoms with Gasteiger partial charge < -0.3 is 10.1 Å². The van der Waals surface area contributed by atoms with Crippen molar-refractivity contribution in [3.05, 3.63) is 34.9 Å². The van der Waals surface area contributed by atoms with Crippen LogP contribution in [-0.2, 0) is 4.74 Å². The smallest absolute Gasteiger partial charge is 0.176 e. The molecule has 4 heteroatoms. The molecule has 0 aliphatic carbocycles. The molecule has 21 heavy (non-hydrogen) atoms. The number of benzene rings is 1. The predicted molar refractivity (Wildman–Crippen MR) is 85.0 cm³/mol. The van der Waals surface area contributed by atoms with E-state index in [0.29, 0.717) is 6.54 Å². The summed E-state index contributed by atoms with van der Waals surface area (Å²) in [4.78, 5) is 14.6. The molecule has 0 bridgehead atoms. The molecule has 0 aromatic heterocycles. The lowest BCUT2D eigenvalue weighted by molar-refractivity contribution is 0.0375. The summed E-state index contributed by atoms with van der Waals surface area (Å²) >= 11 is 0. The Morgan fingerprint density at radius 3 is 2.76 bits per heavy atom. The summed E-state index contributed by atoms with van der Waals surface area (Å²) in [6.45, 7) is 10.2. The Labute approximate surface area is 127 Å². The van der Waals surface area contributed by atoms with E-state index in [1.807, 2.05) is 26.0 Å². The van der Waals surface area contributed by atoms with Crippen molar-refractivity contribution in [3.8, 4) is 0 Å². The van der Waals surface area contributed by atoms with Gasteiger partial charge in [0.15, 0.2) is 5.78 Å². The minimum Gasteiger partial charge on any atom is -0.379 e. The summed E-state index contributed by atoms with van der Waals surface area (Å²) in [6, 6.07) is 5.99. The molecule has 1 aromatic rings. The minimum absolute atomic E-state index is 0.180. The molecule has 0 atom stereocenters. The van der Waals surface area contributed by atoms with Gasteiger partial charge in [-0.05, 0) is 38.9 Å². The SMILES string of the molecule is Cc1ccc(C(=O)CNCCCN2CCOCC2)c(C)c1. The number of nitrogens with zero attached hydrogens (tertiary/aromatic N) is 1. The van der Waals surface area contributed by atoms with Crippen LogP contribution in [0.3, 0.4) is 0 Å². The first-order valence-corrected chi connectivity index (χ1v) is 7.78. The third kappa shape index (κ3) is 5.23. The highest BCUT2D eigenvalue weighted by Crippen LogP contribution is 2.10. The fourth-order valence-corrected chi connectivity index (χ4v) is 2.68. The van der Waals surface area contributed by atoms with Crippen molar-refractivity contribution in [2.45, 2.75) is 20.3 Å². The van der Waals surface area contributed by atoms with E-state index in [1.54, 1.807) is 0 Å². The van der Waals surface area contributed by atoms with Crippen molar-refractivity contribution in [2.75, 3.05) is 45.9 Å². The van der Waals surface area contributed by atoms with Gasteiger partial charge in [-0.3, -0.25) is 9.69 Å². The molecular formula is C17H26N2O2. The maximum Gasteiger partial charge on any atom is 0.176 e. The third-order valence-electron chi connectivity index (χ3n) is 3.90. The number of carbonyl (C=O) groups is 1. The van der Waals surface area contributed by atoms with E-state index in [1.165, 1.54) is 5.56 Å². The van der Waals surface area contributed by atoms with Gasteiger partial charge in [0.25, 0.3) is 0 Å². The average Bonchev–Trinajstić information content (AvgIpc) is 2.47. The van der Waals surface area contributed by atoms with Crippen molar-refractivity contribution in [3.63, 3.8) is 0 Å². The van der Waals surface area contributed by atoms with Crippen LogP contribution >= 0.6 is 0 Å². The molecule has 0 radical (unpaired) electrons. The second-order valence-corrected chi connectivity index (χ2v) is 5.73. The number of carbonyl (C=O) groups excluding carboxylic acids is 1. The van der Waals surface area contributed by atoms with Gasteiger partial charge in [0.2, 0.25) is 0 Å². The molecule has 1 aromatic carbocycles. The molecule has 0 unspecified atom stereocenters. The number of rotatable bonds is 7. The molecule has 1 fully saturated rings. The van der Waals surface area contributed by atoms with Crippen molar-refractivity contribution >= 4 is 5.78 Å². The number of ketones is 1. The van der Waals surface area contributed by atoms with Gasteiger partial charge in [0.05, 0.1) is 19.8 Å². The van der Waals surface area contributed by atoms with Gasteiger partial charge in [-0.25, -0.2) is 0 Å². The van der Waals surface area contributed by atoms with Gasteiger partial charge in [-0.2, -0.15) is 0 Å². The molecule has 0 saturated carbocycles. The van der Waals surface area contributed by atoms with Crippen molar-refractivity contribution in [2.24, 2.45) is 0 Å². The average molecular weight is 290 g/mol. The molecule has 1 saturated heterocycles. The summed E-state index contributed by atoms with van der Waals surface area (Å²) in [5.74, 6) is 0.180. The predicted octanol–water partition coefficient (Wildman–Crippen LogP) is 1.80. The topological polar surface area (TPSA) is 41.6 Å². The van der Waals surface area contributed by atoms with Gasteiger partial charge in [-0.1, -0.05) is 23.8 Å². The van der Waals surface area contributed by atoms with Crippen LogP contribution in [0, 0.1) is 13.8 Å². The first kappa shape index (κ1) is 16.1. The Kier molecular flexibility index (Phi) is 6.36. The largest absolute Gasteiger partial charge is 0.379 e. The lowest BCUT2D eigenvalue weighted by Crippen LogP contribution is -2.38. The third-order valence-corrected chi connectivity index (χ3v) is 3.90. The second kappa shape index (κ2) is 8.27. The van der Waals surface area contributed by atoms with E-state index in [0.717, 1.165) is 56.9 Å². The normalized spacial score (nSPS) is 16.1. The molecule has 2 rings (SSSR count). The molecular weight excluding hydrogens is 264 g/mol. The van der Waals surface area contributed by atoms with Crippen LogP contribution in [0.2, 0.25) is 0 Å². The summed E-state index contributed by atoms with van der Waals surface area (Å²) < 4.78 is 5.33. The molecule has 1 aliphatic heterocycles. The number of hydrogen-bond acceptors (Lipinski definition) is 4. The highest BCUT2D eigenvalue weighted by molar-refractivity contribution is 5.98. The maximum absolute atomic E-state index is 12.2. The van der Waals surface area contributed by atoms with Crippen molar-refractivity contribution < 1.29 is 9.53 Å². The Morgan fingerprint density at radius 1 is 1.29 bits per heavy atom. The van der Waals surface area contributed by atoms with E-state index in [2.05, 4.69) is 16.3 Å². The Bertz CT molecular complexity index is 468. The number of nitrogens with one attached hydrogen (secondary N) is 1. The summed E-state index contributed by atoms with van der Waals surface area (Å²) in [5.41, 5.74) is 3.10. The van der Waals surface area contributed by atoms with E-state index in [-0.39, 0.29) is 5.78 Å². The van der Waals surface area contributed by atoms with Crippen LogP contribution in [0.5, 0.6) is 0 Å². The molecule has 116 valence electrons. The van der Waals surface area contributed by atoms with Crippen LogP contribution in [0.25, 0.3) is 0 Å². The van der Waals surface area contributed by atoms with Gasteiger partial charge in [-0.15, -0.1) is 0 Å². The molecule has 0 amide bonds. The van der Waals surface area contributed by atoms with Crippen LogP contribution < -0.4 is 5.32 Å². The van der Waals surface area contributed by atoms with Gasteiger partial charge in [0.1, 0.15) is 0 Å². The first-order chi connectivity index (χ1) is 10.2. The van der Waals surface area contributed by atoms with Gasteiger partial charge in [0, 0.05) is 18.7 Å². The summed E-state index contributed by atoms with van der Waals surface area (Å²) in [5, 5.41) is 3.26. The lowest BCUT2D eigenvalue weighted by Gasteiger charge is -2.26. The fraction of sp³-hybridized carbons (Fsp3) is 0.588. The van der Waals surface area contributed by atoms with Crippen LogP contribution in [0.15, 0.2) is 18.2 Å². The Balaban J connectivity index is 1.64. The zero-order valence-electron chi connectivity index (χ0n) is 13.2. The molecule has 0 spiro atoms. The minimum atomic E-state index is 0.180. The number of Topliss-reactive ketones (excluding diaryl/α,β-unsaturated/α-hetero) is 1. The quantitative estimate of drug-likeness (QED) is 0.614. The van der Waals surface area contributed by atoms with E-state index >= 15 is 0 Å². The summed E-state index contributed by atoms with van der Waals surface area (Å²) in [7, 11) is 0. The number of ether oxygens (including phenoxy) is 1. The highest BCUT2D eigenvalue weighted by atomic mass is 16.5. The maximum atomic E-state index is 12.2. The molecule has 1 N–H and O–H groups in total. The zero-order valence-corrected chi connectivity index (χ0v) is 13.2. The zero-order chi connectivity index (χ0) is 15.1. The van der Waals surface area contributed by atoms with Crippen LogP contribution in [0.1, 0.15) is 27.9 Å². The number of hydrogen-bond donors (Lipinski definition) is 1. The summed E-state index contributed by atoms with van der Waals surface area (Å²) in [6.07, 6.45) is 1.07. The van der Waals surface area contributed by atoms with E-state index in [4.69, 9.17) is 4.74 Å². The first-order valence-electron chi connectivity index (χ1n) is 7.78. The molecule has 4 nitrogen and oxygen atoms in total.